The number of sulfonamides is 1. The van der Waals surface area contributed by atoms with Crippen LogP contribution >= 0.6 is 0 Å². The van der Waals surface area contributed by atoms with Crippen molar-refractivity contribution in [3.63, 3.8) is 0 Å². The molecule has 0 spiro atoms. The van der Waals surface area contributed by atoms with Gasteiger partial charge in [0.2, 0.25) is 10.0 Å². The molecule has 0 saturated carbocycles. The lowest BCUT2D eigenvalue weighted by Gasteiger charge is -2.34. The summed E-state index contributed by atoms with van der Waals surface area (Å²) < 4.78 is 32.3. The third kappa shape index (κ3) is 3.41. The van der Waals surface area contributed by atoms with Gasteiger partial charge in [-0.05, 0) is 36.1 Å². The molecule has 146 valence electrons. The van der Waals surface area contributed by atoms with Crippen LogP contribution in [0.1, 0.15) is 12.8 Å². The zero-order valence-corrected chi connectivity index (χ0v) is 16.0. The van der Waals surface area contributed by atoms with Crippen molar-refractivity contribution in [2.24, 2.45) is 0 Å². The molecule has 2 aromatic carbocycles. The number of carbonyl (C=O) groups is 2. The fourth-order valence-electron chi connectivity index (χ4n) is 3.67. The monoisotopic (exact) mass is 400 g/mol. The van der Waals surface area contributed by atoms with Crippen molar-refractivity contribution in [1.82, 2.24) is 9.21 Å². The summed E-state index contributed by atoms with van der Waals surface area (Å²) in [5.74, 6) is -0.359. The Balaban J connectivity index is 1.51. The highest BCUT2D eigenvalue weighted by atomic mass is 32.2. The smallest absolute Gasteiger partial charge is 0.417 e. The molecule has 4 rings (SSSR count). The molecule has 2 amide bonds. The predicted octanol–water partition coefficient (Wildman–Crippen LogP) is 2.49. The lowest BCUT2D eigenvalue weighted by atomic mass is 10.1. The van der Waals surface area contributed by atoms with E-state index >= 15 is 0 Å². The second-order valence-corrected chi connectivity index (χ2v) is 8.79. The fourth-order valence-corrected chi connectivity index (χ4v) is 5.19. The first-order valence-electron chi connectivity index (χ1n) is 9.11. The number of nitrogens with zero attached hydrogens (tertiary/aromatic N) is 2. The minimum absolute atomic E-state index is 0.233. The first-order valence-corrected chi connectivity index (χ1v) is 10.6. The average Bonchev–Trinajstić information content (AvgIpc) is 3.07. The molecule has 2 saturated heterocycles. The number of hydrogen-bond acceptors (Lipinski definition) is 5. The Morgan fingerprint density at radius 2 is 1.57 bits per heavy atom. The molecule has 2 fully saturated rings. The highest BCUT2D eigenvalue weighted by Gasteiger charge is 2.40. The van der Waals surface area contributed by atoms with E-state index in [9.17, 15) is 18.0 Å². The van der Waals surface area contributed by atoms with E-state index in [2.05, 4.69) is 0 Å². The largest absolute Gasteiger partial charge is 0.439 e. The van der Waals surface area contributed by atoms with E-state index in [4.69, 9.17) is 4.74 Å². The van der Waals surface area contributed by atoms with Gasteiger partial charge in [-0.15, -0.1) is 0 Å². The molecule has 0 radical (unpaired) electrons. The topological polar surface area (TPSA) is 84.0 Å². The van der Waals surface area contributed by atoms with Gasteiger partial charge in [-0.3, -0.25) is 4.79 Å². The summed E-state index contributed by atoms with van der Waals surface area (Å²) in [6.07, 6.45) is 0.165. The normalized spacial score (nSPS) is 19.1. The van der Waals surface area contributed by atoms with E-state index in [0.717, 1.165) is 16.0 Å². The number of amides is 2. The summed E-state index contributed by atoms with van der Waals surface area (Å²) in [5.41, 5.74) is 1.78. The van der Waals surface area contributed by atoms with Crippen molar-refractivity contribution >= 4 is 22.0 Å². The lowest BCUT2D eigenvalue weighted by molar-refractivity contribution is -0.127. The molecule has 2 aliphatic rings. The van der Waals surface area contributed by atoms with Gasteiger partial charge in [0.05, 0.1) is 4.90 Å². The van der Waals surface area contributed by atoms with Crippen LogP contribution in [0.2, 0.25) is 0 Å². The fraction of sp³-hybridized carbons (Fsp3) is 0.300. The van der Waals surface area contributed by atoms with Crippen LogP contribution in [0.4, 0.5) is 4.79 Å². The van der Waals surface area contributed by atoms with Gasteiger partial charge >= 0.3 is 6.09 Å². The van der Waals surface area contributed by atoms with Crippen molar-refractivity contribution in [2.45, 2.75) is 23.8 Å². The quantitative estimate of drug-likeness (QED) is 0.787. The summed E-state index contributed by atoms with van der Waals surface area (Å²) in [4.78, 5) is 24.9. The molecule has 0 aromatic heterocycles. The van der Waals surface area contributed by atoms with Gasteiger partial charge in [0.1, 0.15) is 0 Å². The maximum Gasteiger partial charge on any atom is 0.417 e. The van der Waals surface area contributed by atoms with Crippen LogP contribution in [-0.4, -0.2) is 55.4 Å². The minimum atomic E-state index is -3.65. The van der Waals surface area contributed by atoms with E-state index in [1.165, 1.54) is 4.31 Å². The molecular formula is C20H20N2O5S. The molecule has 0 atom stereocenters. The van der Waals surface area contributed by atoms with Crippen molar-refractivity contribution in [3.05, 3.63) is 54.6 Å². The first kappa shape index (κ1) is 18.6. The third-order valence-electron chi connectivity index (χ3n) is 5.15. The maximum absolute atomic E-state index is 13.1. The third-order valence-corrected chi connectivity index (χ3v) is 7.05. The number of ether oxygens (including phenoxy) is 1. The van der Waals surface area contributed by atoms with Crippen molar-refractivity contribution in [3.8, 4) is 11.1 Å². The molecule has 28 heavy (non-hydrogen) atoms. The molecule has 2 aromatic rings. The van der Waals surface area contributed by atoms with E-state index in [1.807, 2.05) is 36.4 Å². The van der Waals surface area contributed by atoms with Gasteiger partial charge in [0.25, 0.3) is 5.91 Å². The number of benzene rings is 2. The van der Waals surface area contributed by atoms with Crippen LogP contribution in [-0.2, 0) is 19.6 Å². The molecule has 0 bridgehead atoms. The Kier molecular flexibility index (Phi) is 4.91. The van der Waals surface area contributed by atoms with Gasteiger partial charge in [-0.2, -0.15) is 4.31 Å². The van der Waals surface area contributed by atoms with Crippen LogP contribution in [0, 0.1) is 0 Å². The molecule has 2 heterocycles. The number of imide groups is 1. The summed E-state index contributed by atoms with van der Waals surface area (Å²) in [5, 5.41) is 0. The molecule has 7 nitrogen and oxygen atoms in total. The summed E-state index contributed by atoms with van der Waals surface area (Å²) >= 11 is 0. The lowest BCUT2D eigenvalue weighted by Crippen LogP contribution is -2.48. The van der Waals surface area contributed by atoms with Crippen molar-refractivity contribution in [2.75, 3.05) is 19.7 Å². The molecule has 0 unspecified atom stereocenters. The van der Waals surface area contributed by atoms with Crippen molar-refractivity contribution < 1.29 is 22.7 Å². The highest BCUT2D eigenvalue weighted by Crippen LogP contribution is 2.28. The van der Waals surface area contributed by atoms with E-state index in [1.54, 1.807) is 18.2 Å². The second kappa shape index (κ2) is 7.37. The van der Waals surface area contributed by atoms with Crippen molar-refractivity contribution in [1.29, 1.82) is 0 Å². The SMILES string of the molecule is O=C1COC(=O)N1C1CCN(S(=O)(=O)c2cccc(-c3ccccc3)c2)CC1. The average molecular weight is 400 g/mol. The standard InChI is InChI=1S/C20H20N2O5S/c23-19-14-27-20(24)22(19)17-9-11-21(12-10-17)28(25,26)18-8-4-7-16(13-18)15-5-2-1-3-6-15/h1-8,13,17H,9-12,14H2. The Morgan fingerprint density at radius 3 is 2.21 bits per heavy atom. The molecule has 2 aliphatic heterocycles. The van der Waals surface area contributed by atoms with Gasteiger partial charge < -0.3 is 4.74 Å². The van der Waals surface area contributed by atoms with Crippen LogP contribution in [0.3, 0.4) is 0 Å². The van der Waals surface area contributed by atoms with Crippen LogP contribution < -0.4 is 0 Å². The minimum Gasteiger partial charge on any atom is -0.439 e. The van der Waals surface area contributed by atoms with E-state index in [-0.39, 0.29) is 36.5 Å². The first-order chi connectivity index (χ1) is 13.5. The predicted molar refractivity (Wildman–Crippen MR) is 102 cm³/mol. The van der Waals surface area contributed by atoms with Gasteiger partial charge in [-0.1, -0.05) is 42.5 Å². The van der Waals surface area contributed by atoms with Gasteiger partial charge in [0.15, 0.2) is 6.61 Å². The number of rotatable bonds is 4. The number of carbonyl (C=O) groups excluding carboxylic acids is 2. The molecule has 8 heteroatoms. The summed E-state index contributed by atoms with van der Waals surface area (Å²) in [6.45, 7) is 0.267. The number of piperidine rings is 1. The Labute approximate surface area is 163 Å². The summed E-state index contributed by atoms with van der Waals surface area (Å²) in [7, 11) is -3.65. The van der Waals surface area contributed by atoms with Crippen LogP contribution in [0.25, 0.3) is 11.1 Å². The Morgan fingerprint density at radius 1 is 0.893 bits per heavy atom. The van der Waals surface area contributed by atoms with E-state index < -0.39 is 16.1 Å². The number of cyclic esters (lactones) is 1. The zero-order chi connectivity index (χ0) is 19.7. The number of hydrogen-bond donors (Lipinski definition) is 0. The molecular weight excluding hydrogens is 380 g/mol. The Bertz CT molecular complexity index is 982. The maximum atomic E-state index is 13.1. The molecule has 0 N–H and O–H groups in total. The highest BCUT2D eigenvalue weighted by molar-refractivity contribution is 7.89. The van der Waals surface area contributed by atoms with Crippen LogP contribution in [0.5, 0.6) is 0 Å². The summed E-state index contributed by atoms with van der Waals surface area (Å²) in [6, 6.07) is 16.2. The van der Waals surface area contributed by atoms with Gasteiger partial charge in [-0.25, -0.2) is 18.1 Å². The zero-order valence-electron chi connectivity index (χ0n) is 15.2. The molecule has 0 aliphatic carbocycles. The van der Waals surface area contributed by atoms with Crippen LogP contribution in [0.15, 0.2) is 59.5 Å². The second-order valence-electron chi connectivity index (χ2n) is 6.85. The Hall–Kier alpha value is -2.71. The van der Waals surface area contributed by atoms with Gasteiger partial charge in [0, 0.05) is 19.1 Å². The van der Waals surface area contributed by atoms with E-state index in [0.29, 0.717) is 12.8 Å².